The van der Waals surface area contributed by atoms with Crippen LogP contribution in [0.1, 0.15) is 6.92 Å². The van der Waals surface area contributed by atoms with Crippen LogP contribution in [0.2, 0.25) is 0 Å². The van der Waals surface area contributed by atoms with Gasteiger partial charge in [-0.2, -0.15) is 0 Å². The predicted octanol–water partition coefficient (Wildman–Crippen LogP) is -2.94. The number of fused-ring (bicyclic) bond motifs is 2. The lowest BCUT2D eigenvalue weighted by Crippen LogP contribution is -2.60. The molecule has 3 fully saturated rings. The Hall–Kier alpha value is -0.450. The first-order chi connectivity index (χ1) is 12.7. The molecule has 10 atom stereocenters. The molecular formula is C14H23O12S-. The van der Waals surface area contributed by atoms with E-state index in [-0.39, 0.29) is 6.61 Å². The number of methoxy groups -OCH3 is 1. The van der Waals surface area contributed by atoms with Gasteiger partial charge in [-0.15, -0.1) is 0 Å². The fourth-order valence-electron chi connectivity index (χ4n) is 3.60. The molecule has 0 aromatic heterocycles. The van der Waals surface area contributed by atoms with Gasteiger partial charge in [-0.05, 0) is 0 Å². The van der Waals surface area contributed by atoms with Crippen molar-refractivity contribution < 1.29 is 56.2 Å². The zero-order chi connectivity index (χ0) is 19.9. The summed E-state index contributed by atoms with van der Waals surface area (Å²) in [6.07, 6.45) is -9.46. The van der Waals surface area contributed by atoms with Crippen LogP contribution in [0.25, 0.3) is 0 Å². The average Bonchev–Trinajstić information content (AvgIpc) is 2.91. The summed E-state index contributed by atoms with van der Waals surface area (Å²) in [4.78, 5) is 0. The third-order valence-corrected chi connectivity index (χ3v) is 5.47. The second-order valence-electron chi connectivity index (χ2n) is 6.71. The fraction of sp³-hybridized carbons (Fsp3) is 1.00. The molecule has 0 saturated carbocycles. The Morgan fingerprint density at radius 3 is 2.44 bits per heavy atom. The summed E-state index contributed by atoms with van der Waals surface area (Å²) in [6.45, 7) is 0.893. The van der Waals surface area contributed by atoms with Crippen LogP contribution in [-0.2, 0) is 38.3 Å². The number of rotatable bonds is 6. The molecule has 2 bridgehead atoms. The van der Waals surface area contributed by atoms with Crippen LogP contribution in [0.3, 0.4) is 0 Å². The van der Waals surface area contributed by atoms with Crippen LogP contribution in [-0.4, -0.2) is 104 Å². The molecule has 0 spiro atoms. The Kier molecular flexibility index (Phi) is 6.39. The van der Waals surface area contributed by atoms with Crippen LogP contribution < -0.4 is 0 Å². The molecule has 158 valence electrons. The molecular weight excluding hydrogens is 392 g/mol. The molecule has 12 nitrogen and oxygen atoms in total. The number of aliphatic hydroxyl groups excluding tert-OH is 3. The number of hydrogen-bond acceptors (Lipinski definition) is 12. The maximum absolute atomic E-state index is 10.9. The largest absolute Gasteiger partial charge is 0.726 e. The van der Waals surface area contributed by atoms with E-state index in [2.05, 4.69) is 4.18 Å². The fourth-order valence-corrected chi connectivity index (χ4v) is 4.17. The normalized spacial score (nSPS) is 47.9. The quantitative estimate of drug-likeness (QED) is 0.298. The summed E-state index contributed by atoms with van der Waals surface area (Å²) < 4.78 is 64.3. The van der Waals surface area contributed by atoms with Gasteiger partial charge in [0.05, 0.1) is 13.2 Å². The van der Waals surface area contributed by atoms with Crippen molar-refractivity contribution in [3.63, 3.8) is 0 Å². The maximum Gasteiger partial charge on any atom is 0.218 e. The highest BCUT2D eigenvalue weighted by Gasteiger charge is 2.54. The molecule has 0 radical (unpaired) electrons. The van der Waals surface area contributed by atoms with E-state index in [9.17, 15) is 28.3 Å². The van der Waals surface area contributed by atoms with Crippen LogP contribution in [0.5, 0.6) is 0 Å². The Balaban J connectivity index is 1.71. The first-order valence-electron chi connectivity index (χ1n) is 8.38. The summed E-state index contributed by atoms with van der Waals surface area (Å²) in [7, 11) is -3.70. The van der Waals surface area contributed by atoms with Crippen molar-refractivity contribution in [2.75, 3.05) is 20.3 Å². The molecule has 13 heteroatoms. The van der Waals surface area contributed by atoms with Gasteiger partial charge in [0, 0.05) is 13.0 Å². The van der Waals surface area contributed by atoms with Crippen LogP contribution in [0.15, 0.2) is 0 Å². The highest BCUT2D eigenvalue weighted by atomic mass is 32.3. The van der Waals surface area contributed by atoms with E-state index in [1.165, 1.54) is 14.0 Å². The van der Waals surface area contributed by atoms with Gasteiger partial charge in [0.2, 0.25) is 10.4 Å². The van der Waals surface area contributed by atoms with E-state index < -0.39 is 78.2 Å². The lowest BCUT2D eigenvalue weighted by molar-refractivity contribution is -0.329. The third kappa shape index (κ3) is 4.28. The van der Waals surface area contributed by atoms with E-state index in [0.29, 0.717) is 0 Å². The Morgan fingerprint density at radius 2 is 1.85 bits per heavy atom. The van der Waals surface area contributed by atoms with Gasteiger partial charge in [0.1, 0.15) is 42.7 Å². The van der Waals surface area contributed by atoms with Gasteiger partial charge >= 0.3 is 0 Å². The third-order valence-electron chi connectivity index (χ3n) is 5.01. The first-order valence-corrected chi connectivity index (χ1v) is 9.71. The summed E-state index contributed by atoms with van der Waals surface area (Å²) in [5, 5.41) is 30.1. The molecule has 3 rings (SSSR count). The van der Waals surface area contributed by atoms with Gasteiger partial charge < -0.3 is 43.6 Å². The summed E-state index contributed by atoms with van der Waals surface area (Å²) in [6, 6.07) is 0. The monoisotopic (exact) mass is 415 g/mol. The molecule has 3 saturated heterocycles. The van der Waals surface area contributed by atoms with E-state index in [1.807, 2.05) is 0 Å². The first kappa shape index (κ1) is 21.3. The average molecular weight is 415 g/mol. The second kappa shape index (κ2) is 8.12. The number of ether oxygens (including phenoxy) is 5. The van der Waals surface area contributed by atoms with Gasteiger partial charge in [0.25, 0.3) is 0 Å². The van der Waals surface area contributed by atoms with Crippen LogP contribution in [0, 0.1) is 5.92 Å². The SMILES string of the molecule is CO[C@H]1OC2COC([C@H]2O[C@@H]2OC(CO)[C@H](OS(=O)(=O)[O-])[C@H](C)C2O)[C@@H]1O. The minimum Gasteiger partial charge on any atom is -0.726 e. The summed E-state index contributed by atoms with van der Waals surface area (Å²) in [5.74, 6) is -0.913. The van der Waals surface area contributed by atoms with Gasteiger partial charge in [0.15, 0.2) is 12.6 Å². The standard InChI is InChI=1S/C14H24O12S/c1-5-8(16)14(23-6(3-15)10(5)26-27(18,19)20)25-11-7-4-22-12(11)9(17)13(21-2)24-7/h5-17H,3-4H2,1-2H3,(H,18,19,20)/p-1/t5-,6?,7?,8?,9+,10-,11+,12?,13+,14+/m1/s1. The van der Waals surface area contributed by atoms with Crippen molar-refractivity contribution in [2.24, 2.45) is 5.92 Å². The smallest absolute Gasteiger partial charge is 0.218 e. The Bertz CT molecular complexity index is 611. The zero-order valence-corrected chi connectivity index (χ0v) is 15.4. The maximum atomic E-state index is 10.9. The van der Waals surface area contributed by atoms with Crippen molar-refractivity contribution >= 4 is 10.4 Å². The highest BCUT2D eigenvalue weighted by molar-refractivity contribution is 7.80. The molecule has 27 heavy (non-hydrogen) atoms. The van der Waals surface area contributed by atoms with Gasteiger partial charge in [-0.1, -0.05) is 6.92 Å². The molecule has 0 aromatic carbocycles. The van der Waals surface area contributed by atoms with Crippen LogP contribution >= 0.6 is 0 Å². The van der Waals surface area contributed by atoms with E-state index in [1.54, 1.807) is 0 Å². The molecule has 4 unspecified atom stereocenters. The van der Waals surface area contributed by atoms with E-state index >= 15 is 0 Å². The molecule has 3 heterocycles. The lowest BCUT2D eigenvalue weighted by Gasteiger charge is -2.45. The molecule has 0 amide bonds. The number of aliphatic hydroxyl groups is 3. The second-order valence-corrected chi connectivity index (χ2v) is 7.72. The van der Waals surface area contributed by atoms with Crippen molar-refractivity contribution in [1.29, 1.82) is 0 Å². The Labute approximate surface area is 155 Å². The summed E-state index contributed by atoms with van der Waals surface area (Å²) in [5.41, 5.74) is 0. The predicted molar refractivity (Wildman–Crippen MR) is 81.8 cm³/mol. The summed E-state index contributed by atoms with van der Waals surface area (Å²) >= 11 is 0. The van der Waals surface area contributed by atoms with E-state index in [0.717, 1.165) is 0 Å². The van der Waals surface area contributed by atoms with Crippen LogP contribution in [0.4, 0.5) is 0 Å². The van der Waals surface area contributed by atoms with E-state index in [4.69, 9.17) is 23.7 Å². The van der Waals surface area contributed by atoms with Gasteiger partial charge in [-0.25, -0.2) is 8.42 Å². The zero-order valence-electron chi connectivity index (χ0n) is 14.6. The minimum atomic E-state index is -5.07. The van der Waals surface area contributed by atoms with Gasteiger partial charge in [-0.3, -0.25) is 4.18 Å². The molecule has 0 aromatic rings. The Morgan fingerprint density at radius 1 is 1.15 bits per heavy atom. The van der Waals surface area contributed by atoms with Crippen molar-refractivity contribution in [1.82, 2.24) is 0 Å². The van der Waals surface area contributed by atoms with Crippen molar-refractivity contribution in [2.45, 2.75) is 62.2 Å². The van der Waals surface area contributed by atoms with Crippen molar-refractivity contribution in [3.8, 4) is 0 Å². The molecule has 3 N–H and O–H groups in total. The molecule has 3 aliphatic rings. The highest BCUT2D eigenvalue weighted by Crippen LogP contribution is 2.36. The number of hydrogen-bond donors (Lipinski definition) is 3. The minimum absolute atomic E-state index is 0.133. The lowest BCUT2D eigenvalue weighted by atomic mass is 9.90. The molecule has 3 aliphatic heterocycles. The topological polar surface area (TPSA) is 173 Å². The molecule has 0 aliphatic carbocycles. The van der Waals surface area contributed by atoms with Crippen molar-refractivity contribution in [3.05, 3.63) is 0 Å².